The third-order valence-electron chi connectivity index (χ3n) is 7.91. The van der Waals surface area contributed by atoms with Crippen molar-refractivity contribution in [2.75, 3.05) is 24.7 Å². The number of ether oxygens (including phenoxy) is 1. The fraction of sp³-hybridized carbons (Fsp3) is 0.345. The highest BCUT2D eigenvalue weighted by Crippen LogP contribution is 2.61. The minimum absolute atomic E-state index is 0.162. The lowest BCUT2D eigenvalue weighted by Crippen LogP contribution is -2.57. The molecule has 7 nitrogen and oxygen atoms in total. The van der Waals surface area contributed by atoms with Crippen LogP contribution in [0, 0.1) is 11.8 Å². The van der Waals surface area contributed by atoms with Gasteiger partial charge in [0, 0.05) is 11.8 Å². The average Bonchev–Trinajstić information content (AvgIpc) is 3.23. The number of hydrogen-bond acceptors (Lipinski definition) is 6. The Hall–Kier alpha value is -3.07. The number of cyclic esters (lactones) is 1. The van der Waals surface area contributed by atoms with Crippen LogP contribution in [0.25, 0.3) is 0 Å². The molecule has 0 saturated carbocycles. The highest BCUT2D eigenvalue weighted by Gasteiger charge is 2.71. The maximum Gasteiger partial charge on any atom is 0.311 e. The Morgan fingerprint density at radius 2 is 1.82 bits per heavy atom. The molecule has 4 heterocycles. The molecule has 196 valence electrons. The van der Waals surface area contributed by atoms with E-state index in [1.165, 1.54) is 11.8 Å². The van der Waals surface area contributed by atoms with Crippen LogP contribution < -0.4 is 4.90 Å². The molecule has 0 aromatic heterocycles. The summed E-state index contributed by atoms with van der Waals surface area (Å²) in [6.07, 6.45) is 7.92. The van der Waals surface area contributed by atoms with Crippen LogP contribution in [0.5, 0.6) is 0 Å². The molecule has 6 atom stereocenters. The van der Waals surface area contributed by atoms with Gasteiger partial charge in [-0.25, -0.2) is 0 Å². The van der Waals surface area contributed by atoms with E-state index in [9.17, 15) is 19.5 Å². The molecule has 2 saturated heterocycles. The number of aliphatic hydroxyl groups excluding tert-OH is 1. The predicted octanol–water partition coefficient (Wildman–Crippen LogP) is 3.26. The number of fused-ring (bicyclic) bond motifs is 2. The molecule has 2 aromatic carbocycles. The molecule has 1 N–H and O–H groups in total. The fourth-order valence-electron chi connectivity index (χ4n) is 6.33. The molecule has 0 aliphatic carbocycles. The molecule has 2 aromatic rings. The van der Waals surface area contributed by atoms with Crippen molar-refractivity contribution >= 4 is 46.8 Å². The lowest BCUT2D eigenvalue weighted by molar-refractivity contribution is -0.152. The fourth-order valence-corrected chi connectivity index (χ4v) is 8.55. The summed E-state index contributed by atoms with van der Waals surface area (Å²) < 4.78 is 4.44. The van der Waals surface area contributed by atoms with Crippen molar-refractivity contribution in [3.63, 3.8) is 0 Å². The monoisotopic (exact) mass is 550 g/mol. The van der Waals surface area contributed by atoms with Gasteiger partial charge in [0.1, 0.15) is 12.6 Å². The van der Waals surface area contributed by atoms with Crippen LogP contribution in [0.3, 0.4) is 0 Å². The predicted molar refractivity (Wildman–Crippen MR) is 146 cm³/mol. The number of anilines is 1. The SMILES string of the molecule is O=C1OCC=C[C@@H]2S[C@]34C=CCN(c5ccccc5Cl)C(=O)C3N([C@@H](CO)Cc3ccccc3)C(=O)[C@@H]4[C@H]12. The molecule has 38 heavy (non-hydrogen) atoms. The minimum atomic E-state index is -0.996. The Bertz CT molecular complexity index is 1330. The molecule has 4 aliphatic rings. The number of carbonyl (C=O) groups is 3. The van der Waals surface area contributed by atoms with E-state index in [-0.39, 0.29) is 36.8 Å². The van der Waals surface area contributed by atoms with Crippen LogP contribution in [-0.2, 0) is 25.5 Å². The van der Waals surface area contributed by atoms with Gasteiger partial charge in [-0.15, -0.1) is 11.8 Å². The topological polar surface area (TPSA) is 87.2 Å². The van der Waals surface area contributed by atoms with Gasteiger partial charge in [0.2, 0.25) is 5.91 Å². The zero-order valence-electron chi connectivity index (χ0n) is 20.5. The molecule has 2 amide bonds. The number of nitrogens with zero attached hydrogens (tertiary/aromatic N) is 2. The van der Waals surface area contributed by atoms with E-state index in [4.69, 9.17) is 16.3 Å². The Morgan fingerprint density at radius 3 is 2.58 bits per heavy atom. The van der Waals surface area contributed by atoms with E-state index >= 15 is 0 Å². The van der Waals surface area contributed by atoms with Gasteiger partial charge in [-0.2, -0.15) is 0 Å². The van der Waals surface area contributed by atoms with Crippen LogP contribution in [0.1, 0.15) is 5.56 Å². The first kappa shape index (κ1) is 25.2. The largest absolute Gasteiger partial charge is 0.461 e. The van der Waals surface area contributed by atoms with Gasteiger partial charge >= 0.3 is 5.97 Å². The van der Waals surface area contributed by atoms with Crippen molar-refractivity contribution in [2.45, 2.75) is 28.5 Å². The summed E-state index contributed by atoms with van der Waals surface area (Å²) in [6, 6.07) is 15.1. The molecule has 4 aliphatic heterocycles. The Labute approximate surface area is 230 Å². The van der Waals surface area contributed by atoms with Crippen molar-refractivity contribution in [3.8, 4) is 0 Å². The summed E-state index contributed by atoms with van der Waals surface area (Å²) in [6.45, 7) is 0.107. The second-order valence-electron chi connectivity index (χ2n) is 9.97. The van der Waals surface area contributed by atoms with Crippen LogP contribution in [0.15, 0.2) is 78.9 Å². The maximum atomic E-state index is 14.5. The van der Waals surface area contributed by atoms with Gasteiger partial charge in [0.15, 0.2) is 0 Å². The maximum absolute atomic E-state index is 14.5. The van der Waals surface area contributed by atoms with Crippen LogP contribution >= 0.6 is 23.4 Å². The van der Waals surface area contributed by atoms with Crippen molar-refractivity contribution in [3.05, 3.63) is 89.5 Å². The third kappa shape index (κ3) is 3.89. The van der Waals surface area contributed by atoms with E-state index in [1.807, 2.05) is 54.6 Å². The minimum Gasteiger partial charge on any atom is -0.461 e. The van der Waals surface area contributed by atoms with Crippen molar-refractivity contribution in [1.82, 2.24) is 4.90 Å². The van der Waals surface area contributed by atoms with E-state index in [0.29, 0.717) is 17.1 Å². The first-order valence-electron chi connectivity index (χ1n) is 12.7. The number of benzene rings is 2. The van der Waals surface area contributed by atoms with Crippen molar-refractivity contribution in [1.29, 1.82) is 0 Å². The van der Waals surface area contributed by atoms with Crippen LogP contribution in [0.2, 0.25) is 5.02 Å². The molecular weight excluding hydrogens is 524 g/mol. The smallest absolute Gasteiger partial charge is 0.311 e. The van der Waals surface area contributed by atoms with E-state index in [2.05, 4.69) is 0 Å². The molecule has 1 unspecified atom stereocenters. The molecule has 1 spiro atoms. The number of rotatable bonds is 5. The number of halogens is 1. The molecule has 2 fully saturated rings. The Balaban J connectivity index is 1.49. The standard InChI is InChI=1S/C29H27ClN2O5S/c30-20-10-4-5-11-21(20)31-14-7-13-29-24(23-22(38-29)12-6-15-37-28(23)36)26(34)32(25(29)27(31)35)19(17-33)16-18-8-2-1-3-9-18/h1-13,19,22-25,33H,14-17H2/t19-,22+,23-,24+,25?,29+/m1/s1. The van der Waals surface area contributed by atoms with Gasteiger partial charge in [0.05, 0.1) is 39.9 Å². The summed E-state index contributed by atoms with van der Waals surface area (Å²) in [5, 5.41) is 10.7. The van der Waals surface area contributed by atoms with Crippen molar-refractivity contribution in [2.24, 2.45) is 11.8 Å². The van der Waals surface area contributed by atoms with Gasteiger partial charge in [-0.3, -0.25) is 14.4 Å². The average molecular weight is 551 g/mol. The van der Waals surface area contributed by atoms with Gasteiger partial charge < -0.3 is 19.6 Å². The third-order valence-corrected chi connectivity index (χ3v) is 9.98. The van der Waals surface area contributed by atoms with E-state index in [1.54, 1.807) is 34.1 Å². The number of hydrogen-bond donors (Lipinski definition) is 1. The first-order valence-corrected chi connectivity index (χ1v) is 13.9. The summed E-state index contributed by atoms with van der Waals surface area (Å²) in [7, 11) is 0. The second kappa shape index (κ2) is 9.91. The zero-order valence-corrected chi connectivity index (χ0v) is 22.1. The number of aliphatic hydroxyl groups is 1. The summed E-state index contributed by atoms with van der Waals surface area (Å²) in [5.74, 6) is -2.55. The zero-order chi connectivity index (χ0) is 26.4. The normalized spacial score (nSPS) is 30.8. The Kier molecular flexibility index (Phi) is 6.58. The molecule has 6 rings (SSSR count). The summed E-state index contributed by atoms with van der Waals surface area (Å²) in [5.41, 5.74) is 1.49. The van der Waals surface area contributed by atoms with Crippen LogP contribution in [0.4, 0.5) is 5.69 Å². The van der Waals surface area contributed by atoms with Crippen LogP contribution in [-0.4, -0.2) is 69.6 Å². The summed E-state index contributed by atoms with van der Waals surface area (Å²) in [4.78, 5) is 45.2. The highest BCUT2D eigenvalue weighted by molar-refractivity contribution is 8.02. The van der Waals surface area contributed by atoms with E-state index < -0.39 is 34.6 Å². The number of amides is 2. The number of esters is 1. The van der Waals surface area contributed by atoms with Gasteiger partial charge in [0.25, 0.3) is 5.91 Å². The van der Waals surface area contributed by atoms with Crippen molar-refractivity contribution < 1.29 is 24.2 Å². The van der Waals surface area contributed by atoms with E-state index in [0.717, 1.165) is 5.56 Å². The molecule has 0 bridgehead atoms. The molecule has 0 radical (unpaired) electrons. The second-order valence-corrected chi connectivity index (χ2v) is 11.9. The first-order chi connectivity index (χ1) is 18.5. The lowest BCUT2D eigenvalue weighted by Gasteiger charge is -2.38. The number of para-hydroxylation sites is 1. The Morgan fingerprint density at radius 1 is 1.05 bits per heavy atom. The summed E-state index contributed by atoms with van der Waals surface area (Å²) >= 11 is 7.99. The molecular formula is C29H27ClN2O5S. The van der Waals surface area contributed by atoms with Gasteiger partial charge in [-0.1, -0.05) is 78.4 Å². The number of carbonyl (C=O) groups excluding carboxylic acids is 3. The number of thioether (sulfide) groups is 1. The highest BCUT2D eigenvalue weighted by atomic mass is 35.5. The molecule has 9 heteroatoms. The quantitative estimate of drug-likeness (QED) is 0.454. The number of likely N-dealkylation sites (tertiary alicyclic amines) is 1. The van der Waals surface area contributed by atoms with Gasteiger partial charge in [-0.05, 0) is 24.1 Å². The lowest BCUT2D eigenvalue weighted by atomic mass is 9.78.